The van der Waals surface area contributed by atoms with Crippen molar-refractivity contribution in [2.24, 2.45) is 0 Å². The van der Waals surface area contributed by atoms with Gasteiger partial charge in [-0.2, -0.15) is 0 Å². The molecular weight excluding hydrogens is 296 g/mol. The van der Waals surface area contributed by atoms with Crippen molar-refractivity contribution in [3.63, 3.8) is 0 Å². The summed E-state index contributed by atoms with van der Waals surface area (Å²) in [5.74, 6) is 0.887. The molecule has 0 aromatic heterocycles. The maximum Gasteiger partial charge on any atom is 0.308 e. The number of fused-ring (bicyclic) bond motifs is 1. The van der Waals surface area contributed by atoms with Crippen molar-refractivity contribution >= 4 is 11.9 Å². The van der Waals surface area contributed by atoms with Crippen LogP contribution in [0, 0.1) is 13.8 Å². The molecule has 126 valence electrons. The highest BCUT2D eigenvalue weighted by atomic mass is 16.5. The number of hydrogen-bond donors (Lipinski definition) is 0. The summed E-state index contributed by atoms with van der Waals surface area (Å²) in [5, 5.41) is 0. The van der Waals surface area contributed by atoms with Gasteiger partial charge in [-0.15, -0.1) is 0 Å². The lowest BCUT2D eigenvalue weighted by Gasteiger charge is -2.37. The van der Waals surface area contributed by atoms with E-state index in [1.54, 1.807) is 0 Å². The van der Waals surface area contributed by atoms with Gasteiger partial charge in [0, 0.05) is 13.3 Å². The number of ether oxygens (including phenoxy) is 3. The molecule has 0 aliphatic carbocycles. The van der Waals surface area contributed by atoms with E-state index in [0.717, 1.165) is 35.3 Å². The topological polar surface area (TPSA) is 61.8 Å². The molecule has 0 radical (unpaired) electrons. The first-order chi connectivity index (χ1) is 10.8. The molecule has 1 aromatic carbocycles. The smallest absolute Gasteiger partial charge is 0.308 e. The van der Waals surface area contributed by atoms with Gasteiger partial charge in [-0.1, -0.05) is 0 Å². The Hall–Kier alpha value is -2.04. The standard InChI is InChI=1S/C18H24O5/c1-11-12(2)17-14(10-15(11)22-13(3)19)6-8-18(4,23-17)9-7-16(20)21-5/h10H,6-9H2,1-5H3. The molecule has 23 heavy (non-hydrogen) atoms. The lowest BCUT2D eigenvalue weighted by molar-refractivity contribution is -0.141. The zero-order valence-electron chi connectivity index (χ0n) is 14.4. The second-order valence-corrected chi connectivity index (χ2v) is 6.33. The molecule has 1 aliphatic rings. The Balaban J connectivity index is 2.25. The Morgan fingerprint density at radius 2 is 2.00 bits per heavy atom. The van der Waals surface area contributed by atoms with E-state index in [1.807, 2.05) is 26.8 Å². The summed E-state index contributed by atoms with van der Waals surface area (Å²) in [6.07, 6.45) is 2.58. The van der Waals surface area contributed by atoms with Gasteiger partial charge >= 0.3 is 11.9 Å². The number of rotatable bonds is 4. The van der Waals surface area contributed by atoms with Gasteiger partial charge in [0.2, 0.25) is 0 Å². The van der Waals surface area contributed by atoms with E-state index >= 15 is 0 Å². The fourth-order valence-electron chi connectivity index (χ4n) is 2.86. The number of methoxy groups -OCH3 is 1. The van der Waals surface area contributed by atoms with Crippen molar-refractivity contribution in [1.29, 1.82) is 0 Å². The third-order valence-electron chi connectivity index (χ3n) is 4.48. The van der Waals surface area contributed by atoms with Gasteiger partial charge in [-0.05, 0) is 62.8 Å². The lowest BCUT2D eigenvalue weighted by atomic mass is 9.87. The zero-order valence-corrected chi connectivity index (χ0v) is 14.4. The van der Waals surface area contributed by atoms with E-state index in [-0.39, 0.29) is 17.5 Å². The van der Waals surface area contributed by atoms with Crippen molar-refractivity contribution in [1.82, 2.24) is 0 Å². The molecule has 0 bridgehead atoms. The van der Waals surface area contributed by atoms with Crippen molar-refractivity contribution in [2.45, 2.75) is 59.0 Å². The monoisotopic (exact) mass is 320 g/mol. The van der Waals surface area contributed by atoms with E-state index < -0.39 is 0 Å². The van der Waals surface area contributed by atoms with Crippen molar-refractivity contribution in [2.75, 3.05) is 7.11 Å². The third kappa shape index (κ3) is 3.84. The van der Waals surface area contributed by atoms with Gasteiger partial charge in [-0.3, -0.25) is 9.59 Å². The highest BCUT2D eigenvalue weighted by Crippen LogP contribution is 2.42. The highest BCUT2D eigenvalue weighted by Gasteiger charge is 2.34. The molecule has 0 N–H and O–H groups in total. The first-order valence-corrected chi connectivity index (χ1v) is 7.83. The van der Waals surface area contributed by atoms with Crippen LogP contribution < -0.4 is 9.47 Å². The molecule has 0 amide bonds. The average molecular weight is 320 g/mol. The minimum absolute atomic E-state index is 0.223. The maximum absolute atomic E-state index is 11.4. The largest absolute Gasteiger partial charge is 0.487 e. The maximum atomic E-state index is 11.4. The molecule has 5 nitrogen and oxygen atoms in total. The van der Waals surface area contributed by atoms with Gasteiger partial charge in [0.1, 0.15) is 17.1 Å². The molecule has 0 saturated carbocycles. The molecule has 0 saturated heterocycles. The van der Waals surface area contributed by atoms with E-state index in [4.69, 9.17) is 14.2 Å². The fourth-order valence-corrected chi connectivity index (χ4v) is 2.86. The molecule has 1 atom stereocenters. The van der Waals surface area contributed by atoms with E-state index in [1.165, 1.54) is 14.0 Å². The third-order valence-corrected chi connectivity index (χ3v) is 4.48. The Kier molecular flexibility index (Phi) is 4.97. The SMILES string of the molecule is COC(=O)CCC1(C)CCc2cc(OC(C)=O)c(C)c(C)c2O1. The predicted octanol–water partition coefficient (Wildman–Crippen LogP) is 3.27. The highest BCUT2D eigenvalue weighted by molar-refractivity contribution is 5.71. The van der Waals surface area contributed by atoms with Crippen molar-refractivity contribution < 1.29 is 23.8 Å². The Bertz CT molecular complexity index is 635. The van der Waals surface area contributed by atoms with Crippen LogP contribution in [0.5, 0.6) is 11.5 Å². The second-order valence-electron chi connectivity index (χ2n) is 6.33. The number of esters is 2. The van der Waals surface area contributed by atoms with Gasteiger partial charge in [0.25, 0.3) is 0 Å². The number of aryl methyl sites for hydroxylation is 1. The van der Waals surface area contributed by atoms with E-state index in [9.17, 15) is 9.59 Å². The van der Waals surface area contributed by atoms with Crippen LogP contribution in [-0.4, -0.2) is 24.6 Å². The normalized spacial score (nSPS) is 19.5. The van der Waals surface area contributed by atoms with E-state index in [0.29, 0.717) is 18.6 Å². The summed E-state index contributed by atoms with van der Waals surface area (Å²) >= 11 is 0. The summed E-state index contributed by atoms with van der Waals surface area (Å²) in [7, 11) is 1.39. The second kappa shape index (κ2) is 6.60. The summed E-state index contributed by atoms with van der Waals surface area (Å²) in [6, 6.07) is 1.89. The average Bonchev–Trinajstić information content (AvgIpc) is 2.50. The lowest BCUT2D eigenvalue weighted by Crippen LogP contribution is -2.37. The first kappa shape index (κ1) is 17.3. The number of benzene rings is 1. The summed E-state index contributed by atoms with van der Waals surface area (Å²) in [4.78, 5) is 22.6. The molecule has 0 fully saturated rings. The van der Waals surface area contributed by atoms with Crippen LogP contribution in [0.3, 0.4) is 0 Å². The Morgan fingerprint density at radius 3 is 2.61 bits per heavy atom. The van der Waals surface area contributed by atoms with Gasteiger partial charge in [-0.25, -0.2) is 0 Å². The quantitative estimate of drug-likeness (QED) is 0.629. The van der Waals surface area contributed by atoms with E-state index in [2.05, 4.69) is 0 Å². The number of carbonyl (C=O) groups is 2. The van der Waals surface area contributed by atoms with Crippen molar-refractivity contribution in [3.8, 4) is 11.5 Å². The van der Waals surface area contributed by atoms with Crippen LogP contribution in [0.15, 0.2) is 6.07 Å². The summed E-state index contributed by atoms with van der Waals surface area (Å²) < 4.78 is 16.2. The molecule has 5 heteroatoms. The fraction of sp³-hybridized carbons (Fsp3) is 0.556. The molecular formula is C18H24O5. The summed E-state index contributed by atoms with van der Waals surface area (Å²) in [5.41, 5.74) is 2.53. The first-order valence-electron chi connectivity index (χ1n) is 7.83. The molecule has 1 aliphatic heterocycles. The van der Waals surface area contributed by atoms with Crippen LogP contribution in [-0.2, 0) is 20.7 Å². The van der Waals surface area contributed by atoms with Gasteiger partial charge in [0.15, 0.2) is 0 Å². The number of carbonyl (C=O) groups excluding carboxylic acids is 2. The van der Waals surface area contributed by atoms with Gasteiger partial charge < -0.3 is 14.2 Å². The molecule has 1 unspecified atom stereocenters. The van der Waals surface area contributed by atoms with Crippen LogP contribution in [0.1, 0.15) is 49.8 Å². The van der Waals surface area contributed by atoms with Crippen LogP contribution in [0.4, 0.5) is 0 Å². The molecule has 1 aromatic rings. The molecule has 0 spiro atoms. The van der Waals surface area contributed by atoms with Crippen LogP contribution >= 0.6 is 0 Å². The Labute approximate surface area is 136 Å². The van der Waals surface area contributed by atoms with Crippen LogP contribution in [0.2, 0.25) is 0 Å². The number of hydrogen-bond acceptors (Lipinski definition) is 5. The predicted molar refractivity (Wildman–Crippen MR) is 85.8 cm³/mol. The van der Waals surface area contributed by atoms with Crippen molar-refractivity contribution in [3.05, 3.63) is 22.8 Å². The summed E-state index contributed by atoms with van der Waals surface area (Å²) in [6.45, 7) is 7.30. The molecule has 1 heterocycles. The zero-order chi connectivity index (χ0) is 17.2. The van der Waals surface area contributed by atoms with Gasteiger partial charge in [0.05, 0.1) is 7.11 Å². The molecule has 2 rings (SSSR count). The minimum Gasteiger partial charge on any atom is -0.487 e. The Morgan fingerprint density at radius 1 is 1.30 bits per heavy atom. The van der Waals surface area contributed by atoms with Crippen LogP contribution in [0.25, 0.3) is 0 Å². The minimum atomic E-state index is -0.388.